The Kier molecular flexibility index (Phi) is 3.95. The van der Waals surface area contributed by atoms with E-state index in [9.17, 15) is 13.6 Å². The number of nitrogens with one attached hydrogen (secondary N) is 1. The monoisotopic (exact) mass is 325 g/mol. The Morgan fingerprint density at radius 3 is 2.53 bits per heavy atom. The lowest BCUT2D eigenvalue weighted by Gasteiger charge is -2.07. The van der Waals surface area contributed by atoms with Crippen molar-refractivity contribution >= 4 is 27.5 Å². The summed E-state index contributed by atoms with van der Waals surface area (Å²) < 4.78 is 27.3. The summed E-state index contributed by atoms with van der Waals surface area (Å²) in [6, 6.07) is 8.26. The van der Waals surface area contributed by atoms with E-state index >= 15 is 0 Å². The molecule has 2 nitrogen and oxygen atoms in total. The Morgan fingerprint density at radius 1 is 1.16 bits per heavy atom. The quantitative estimate of drug-likeness (QED) is 0.876. The van der Waals surface area contributed by atoms with Crippen LogP contribution in [0.3, 0.4) is 0 Å². The number of carbonyl (C=O) groups excluding carboxylic acids is 1. The summed E-state index contributed by atoms with van der Waals surface area (Å²) in [5.41, 5.74) is 0.876. The van der Waals surface area contributed by atoms with Crippen LogP contribution in [0.4, 0.5) is 14.5 Å². The summed E-state index contributed by atoms with van der Waals surface area (Å²) in [5.74, 6) is -1.71. The van der Waals surface area contributed by atoms with Crippen LogP contribution in [0.1, 0.15) is 15.9 Å². The molecule has 0 bridgehead atoms. The predicted octanol–water partition coefficient (Wildman–Crippen LogP) is 4.29. The first-order chi connectivity index (χ1) is 8.95. The second-order valence-corrected chi connectivity index (χ2v) is 5.01. The maximum Gasteiger partial charge on any atom is 0.258 e. The van der Waals surface area contributed by atoms with Crippen molar-refractivity contribution in [3.05, 3.63) is 63.6 Å². The Morgan fingerprint density at radius 2 is 1.89 bits per heavy atom. The first kappa shape index (κ1) is 13.7. The molecule has 1 N–H and O–H groups in total. The summed E-state index contributed by atoms with van der Waals surface area (Å²) >= 11 is 3.11. The molecule has 0 aliphatic carbocycles. The minimum atomic E-state index is -0.639. The average molecular weight is 326 g/mol. The van der Waals surface area contributed by atoms with Crippen LogP contribution in [0.5, 0.6) is 0 Å². The van der Waals surface area contributed by atoms with Crippen molar-refractivity contribution in [2.45, 2.75) is 6.92 Å². The number of amides is 1. The van der Waals surface area contributed by atoms with Gasteiger partial charge < -0.3 is 5.32 Å². The summed E-state index contributed by atoms with van der Waals surface area (Å²) in [6.07, 6.45) is 0. The summed E-state index contributed by atoms with van der Waals surface area (Å²) in [7, 11) is 0. The fraction of sp³-hybridized carbons (Fsp3) is 0.0714. The first-order valence-electron chi connectivity index (χ1n) is 5.49. The van der Waals surface area contributed by atoms with E-state index in [0.29, 0.717) is 15.7 Å². The highest BCUT2D eigenvalue weighted by Crippen LogP contribution is 2.18. The van der Waals surface area contributed by atoms with Crippen LogP contribution in [0.25, 0.3) is 0 Å². The molecule has 19 heavy (non-hydrogen) atoms. The number of benzene rings is 2. The molecule has 0 spiro atoms. The van der Waals surface area contributed by atoms with Crippen molar-refractivity contribution < 1.29 is 13.6 Å². The Hall–Kier alpha value is -1.75. The van der Waals surface area contributed by atoms with Gasteiger partial charge in [-0.15, -0.1) is 0 Å². The van der Waals surface area contributed by atoms with Crippen molar-refractivity contribution in [1.82, 2.24) is 0 Å². The standard InChI is InChI=1S/C14H10BrF2NO/c1-8-4-10(16)7-11(5-8)18-14(19)12-3-2-9(15)6-13(12)17/h2-7H,1H3,(H,18,19). The molecule has 0 unspecified atom stereocenters. The van der Waals surface area contributed by atoms with Crippen LogP contribution in [-0.2, 0) is 0 Å². The van der Waals surface area contributed by atoms with Crippen LogP contribution in [0.15, 0.2) is 40.9 Å². The number of hydrogen-bond acceptors (Lipinski definition) is 1. The molecule has 0 atom stereocenters. The molecule has 0 fully saturated rings. The van der Waals surface area contributed by atoms with Gasteiger partial charge in [0.2, 0.25) is 0 Å². The predicted molar refractivity (Wildman–Crippen MR) is 73.2 cm³/mol. The molecule has 0 saturated carbocycles. The van der Waals surface area contributed by atoms with Crippen molar-refractivity contribution in [3.8, 4) is 0 Å². The number of carbonyl (C=O) groups is 1. The van der Waals surface area contributed by atoms with Gasteiger partial charge in [-0.1, -0.05) is 15.9 Å². The third-order valence-electron chi connectivity index (χ3n) is 2.48. The Labute approximate surface area is 117 Å². The molecule has 98 valence electrons. The van der Waals surface area contributed by atoms with Crippen LogP contribution < -0.4 is 5.32 Å². The second-order valence-electron chi connectivity index (χ2n) is 4.10. The molecule has 2 rings (SSSR count). The number of hydrogen-bond donors (Lipinski definition) is 1. The number of aryl methyl sites for hydroxylation is 1. The molecule has 0 aliphatic heterocycles. The fourth-order valence-corrected chi connectivity index (χ4v) is 2.01. The van der Waals surface area contributed by atoms with Gasteiger partial charge in [-0.3, -0.25) is 4.79 Å². The molecule has 1 amide bonds. The van der Waals surface area contributed by atoms with Crippen LogP contribution in [-0.4, -0.2) is 5.91 Å². The van der Waals surface area contributed by atoms with E-state index in [1.165, 1.54) is 24.3 Å². The average Bonchev–Trinajstić information content (AvgIpc) is 2.26. The lowest BCUT2D eigenvalue weighted by Crippen LogP contribution is -2.14. The van der Waals surface area contributed by atoms with E-state index in [-0.39, 0.29) is 5.56 Å². The van der Waals surface area contributed by atoms with E-state index in [2.05, 4.69) is 21.2 Å². The van der Waals surface area contributed by atoms with Crippen LogP contribution in [0, 0.1) is 18.6 Å². The summed E-state index contributed by atoms with van der Waals surface area (Å²) in [6.45, 7) is 1.71. The molecule has 0 heterocycles. The maximum atomic E-state index is 13.6. The third kappa shape index (κ3) is 3.38. The zero-order valence-electron chi connectivity index (χ0n) is 10.0. The van der Waals surface area contributed by atoms with E-state index < -0.39 is 17.5 Å². The minimum absolute atomic E-state index is 0.0925. The van der Waals surface area contributed by atoms with Gasteiger partial charge in [0, 0.05) is 10.2 Å². The first-order valence-corrected chi connectivity index (χ1v) is 6.28. The minimum Gasteiger partial charge on any atom is -0.322 e. The molecule has 2 aromatic carbocycles. The lowest BCUT2D eigenvalue weighted by molar-refractivity contribution is 0.102. The molecule has 0 aliphatic rings. The van der Waals surface area contributed by atoms with Gasteiger partial charge in [0.15, 0.2) is 0 Å². The second kappa shape index (κ2) is 5.48. The van der Waals surface area contributed by atoms with Crippen LogP contribution >= 0.6 is 15.9 Å². The van der Waals surface area contributed by atoms with Gasteiger partial charge in [0.25, 0.3) is 5.91 Å². The van der Waals surface area contributed by atoms with Gasteiger partial charge >= 0.3 is 0 Å². The maximum absolute atomic E-state index is 13.6. The van der Waals surface area contributed by atoms with E-state index in [0.717, 1.165) is 0 Å². The lowest BCUT2D eigenvalue weighted by atomic mass is 10.1. The molecule has 0 aromatic heterocycles. The Balaban J connectivity index is 2.25. The summed E-state index contributed by atoms with van der Waals surface area (Å²) in [4.78, 5) is 11.9. The molecule has 0 saturated heterocycles. The normalized spacial score (nSPS) is 10.3. The number of halogens is 3. The van der Waals surface area contributed by atoms with Gasteiger partial charge in [-0.2, -0.15) is 0 Å². The van der Waals surface area contributed by atoms with Crippen molar-refractivity contribution in [1.29, 1.82) is 0 Å². The van der Waals surface area contributed by atoms with E-state index in [1.807, 2.05) is 0 Å². The Bertz CT molecular complexity index is 623. The van der Waals surface area contributed by atoms with Crippen LogP contribution in [0.2, 0.25) is 0 Å². The molecule has 2 aromatic rings. The smallest absolute Gasteiger partial charge is 0.258 e. The summed E-state index contributed by atoms with van der Waals surface area (Å²) in [5, 5.41) is 2.47. The zero-order chi connectivity index (χ0) is 14.0. The number of rotatable bonds is 2. The zero-order valence-corrected chi connectivity index (χ0v) is 11.6. The van der Waals surface area contributed by atoms with Gasteiger partial charge in [0.1, 0.15) is 11.6 Å². The third-order valence-corrected chi connectivity index (χ3v) is 2.97. The fourth-order valence-electron chi connectivity index (χ4n) is 1.68. The topological polar surface area (TPSA) is 29.1 Å². The number of anilines is 1. The molecule has 5 heteroatoms. The highest BCUT2D eigenvalue weighted by molar-refractivity contribution is 9.10. The van der Waals surface area contributed by atoms with Crippen molar-refractivity contribution in [3.63, 3.8) is 0 Å². The highest BCUT2D eigenvalue weighted by atomic mass is 79.9. The molecular formula is C14H10BrF2NO. The SMILES string of the molecule is Cc1cc(F)cc(NC(=O)c2ccc(Br)cc2F)c1. The van der Waals surface area contributed by atoms with E-state index in [1.54, 1.807) is 19.1 Å². The van der Waals surface area contributed by atoms with Crippen molar-refractivity contribution in [2.24, 2.45) is 0 Å². The highest BCUT2D eigenvalue weighted by Gasteiger charge is 2.12. The molecule has 0 radical (unpaired) electrons. The van der Waals surface area contributed by atoms with Gasteiger partial charge in [0.05, 0.1) is 5.56 Å². The van der Waals surface area contributed by atoms with E-state index in [4.69, 9.17) is 0 Å². The van der Waals surface area contributed by atoms with Crippen molar-refractivity contribution in [2.75, 3.05) is 5.32 Å². The largest absolute Gasteiger partial charge is 0.322 e. The molecular weight excluding hydrogens is 316 g/mol. The van der Waals surface area contributed by atoms with Gasteiger partial charge in [-0.05, 0) is 48.9 Å². The van der Waals surface area contributed by atoms with Gasteiger partial charge in [-0.25, -0.2) is 8.78 Å².